The molecule has 1 fully saturated rings. The fourth-order valence-corrected chi connectivity index (χ4v) is 3.70. The smallest absolute Gasteiger partial charge is 0.433 e. The summed E-state index contributed by atoms with van der Waals surface area (Å²) >= 11 is 0. The lowest BCUT2D eigenvalue weighted by Crippen LogP contribution is -2.42. The van der Waals surface area contributed by atoms with E-state index in [1.807, 2.05) is 13.8 Å². The van der Waals surface area contributed by atoms with E-state index in [0.29, 0.717) is 16.5 Å². The molecule has 0 bridgehead atoms. The van der Waals surface area contributed by atoms with Crippen LogP contribution in [0.4, 0.5) is 36.8 Å². The van der Waals surface area contributed by atoms with E-state index in [4.69, 9.17) is 25.2 Å². The number of halogens is 6. The molecule has 36 heavy (non-hydrogen) atoms. The third-order valence-electron chi connectivity index (χ3n) is 5.30. The number of nitrogens with two attached hydrogens (primary N) is 1. The molecule has 1 aliphatic rings. The first-order valence-electron chi connectivity index (χ1n) is 10.5. The van der Waals surface area contributed by atoms with Crippen LogP contribution in [0.1, 0.15) is 36.5 Å². The molecule has 1 saturated heterocycles. The van der Waals surface area contributed by atoms with Gasteiger partial charge in [0.15, 0.2) is 0 Å². The van der Waals surface area contributed by atoms with Crippen molar-refractivity contribution in [1.82, 2.24) is 0 Å². The van der Waals surface area contributed by atoms with Crippen LogP contribution in [0, 0.1) is 11.3 Å². The van der Waals surface area contributed by atoms with Gasteiger partial charge in [0.1, 0.15) is 24.2 Å². The largest absolute Gasteiger partial charge is 0.491 e. The van der Waals surface area contributed by atoms with E-state index in [9.17, 15) is 31.1 Å². The number of nitriles is 1. The maximum absolute atomic E-state index is 13.7. The quantitative estimate of drug-likeness (QED) is 0.521. The van der Waals surface area contributed by atoms with Gasteiger partial charge in [0.05, 0.1) is 23.7 Å². The van der Waals surface area contributed by atoms with Crippen molar-refractivity contribution in [3.8, 4) is 17.6 Å². The van der Waals surface area contributed by atoms with Gasteiger partial charge in [-0.1, -0.05) is 13.8 Å². The second kappa shape index (κ2) is 10.1. The van der Waals surface area contributed by atoms with Gasteiger partial charge in [0, 0.05) is 11.3 Å². The third kappa shape index (κ3) is 6.12. The van der Waals surface area contributed by atoms with Crippen LogP contribution in [0.25, 0.3) is 0 Å². The van der Waals surface area contributed by atoms with Crippen molar-refractivity contribution < 1.29 is 45.3 Å². The summed E-state index contributed by atoms with van der Waals surface area (Å²) in [6, 6.07) is 8.09. The van der Waals surface area contributed by atoms with Crippen LogP contribution < -0.4 is 20.1 Å². The summed E-state index contributed by atoms with van der Waals surface area (Å²) in [6.07, 6.45) is -14.5. The second-order valence-electron chi connectivity index (χ2n) is 8.23. The molecule has 3 rings (SSSR count). The number of carbonyl (C=O) groups excluding carboxylic acids is 1. The molecule has 194 valence electrons. The Morgan fingerprint density at radius 1 is 1.19 bits per heavy atom. The summed E-state index contributed by atoms with van der Waals surface area (Å²) in [6.45, 7) is 2.85. The highest BCUT2D eigenvalue weighted by Crippen LogP contribution is 2.39. The molecular weight excluding hydrogens is 496 g/mol. The molecule has 0 spiro atoms. The lowest BCUT2D eigenvalue weighted by Gasteiger charge is -2.27. The van der Waals surface area contributed by atoms with Gasteiger partial charge in [0.25, 0.3) is 0 Å². The SMILES string of the molecule is CC(C)c1cc(OC[C@@H]2CN(c3ccc(C#N)c(C(F)(F)F)c3)[C@@H](C(F)(F)F)O2)ccc1OC(N)=O. The fourth-order valence-electron chi connectivity index (χ4n) is 3.70. The number of alkyl halides is 6. The van der Waals surface area contributed by atoms with Crippen molar-refractivity contribution in [3.05, 3.63) is 53.1 Å². The average molecular weight is 517 g/mol. The second-order valence-corrected chi connectivity index (χ2v) is 8.23. The number of nitrogens with zero attached hydrogens (tertiary/aromatic N) is 2. The highest BCUT2D eigenvalue weighted by Gasteiger charge is 2.51. The minimum absolute atomic E-state index is 0.116. The number of carbonyl (C=O) groups is 1. The van der Waals surface area contributed by atoms with Gasteiger partial charge in [-0.25, -0.2) is 4.79 Å². The van der Waals surface area contributed by atoms with Gasteiger partial charge in [-0.05, 0) is 42.3 Å². The number of hydrogen-bond acceptors (Lipinski definition) is 6. The van der Waals surface area contributed by atoms with Crippen LogP contribution >= 0.6 is 0 Å². The summed E-state index contributed by atoms with van der Waals surface area (Å²) in [5.74, 6) is 0.334. The number of anilines is 1. The van der Waals surface area contributed by atoms with Crippen molar-refractivity contribution in [3.63, 3.8) is 0 Å². The Morgan fingerprint density at radius 2 is 1.89 bits per heavy atom. The molecule has 2 N–H and O–H groups in total. The Hall–Kier alpha value is -3.66. The molecule has 1 aliphatic heterocycles. The maximum Gasteiger partial charge on any atom is 0.433 e. The molecule has 0 unspecified atom stereocenters. The molecule has 0 saturated carbocycles. The van der Waals surface area contributed by atoms with Crippen LogP contribution in [-0.4, -0.2) is 37.8 Å². The zero-order chi connectivity index (χ0) is 26.8. The molecule has 0 aliphatic carbocycles. The standard InChI is InChI=1S/C23H21F6N3O4/c1-12(2)17-8-15(5-6-19(17)36-21(31)33)34-11-16-10-32(20(35-16)23(27,28)29)14-4-3-13(9-30)18(7-14)22(24,25)26/h3-8,12,16,20H,10-11H2,1-2H3,(H2,31,33)/t16-,20+/m0/s1. The van der Waals surface area contributed by atoms with Gasteiger partial charge in [-0.3, -0.25) is 0 Å². The van der Waals surface area contributed by atoms with Crippen LogP contribution in [0.15, 0.2) is 36.4 Å². The highest BCUT2D eigenvalue weighted by molar-refractivity contribution is 5.69. The highest BCUT2D eigenvalue weighted by atomic mass is 19.4. The van der Waals surface area contributed by atoms with Gasteiger partial charge < -0.3 is 24.8 Å². The Labute approximate surface area is 201 Å². The Balaban J connectivity index is 1.82. The van der Waals surface area contributed by atoms with E-state index < -0.39 is 54.1 Å². The first kappa shape index (κ1) is 26.9. The minimum atomic E-state index is -4.93. The Morgan fingerprint density at radius 3 is 2.44 bits per heavy atom. The van der Waals surface area contributed by atoms with E-state index in [1.165, 1.54) is 24.3 Å². The Kier molecular flexibility index (Phi) is 7.59. The predicted molar refractivity (Wildman–Crippen MR) is 114 cm³/mol. The van der Waals surface area contributed by atoms with E-state index in [2.05, 4.69) is 0 Å². The third-order valence-corrected chi connectivity index (χ3v) is 5.30. The number of benzene rings is 2. The zero-order valence-electron chi connectivity index (χ0n) is 19.0. The van der Waals surface area contributed by atoms with Crippen molar-refractivity contribution >= 4 is 11.8 Å². The molecule has 2 aromatic rings. The molecule has 0 radical (unpaired) electrons. The molecule has 13 heteroatoms. The number of ether oxygens (including phenoxy) is 3. The normalized spacial score (nSPS) is 18.3. The van der Waals surface area contributed by atoms with E-state index >= 15 is 0 Å². The van der Waals surface area contributed by atoms with Gasteiger partial charge in [-0.15, -0.1) is 0 Å². The van der Waals surface area contributed by atoms with Crippen molar-refractivity contribution in [2.45, 2.75) is 44.4 Å². The molecule has 1 amide bonds. The zero-order valence-corrected chi connectivity index (χ0v) is 19.0. The Bertz CT molecular complexity index is 1160. The molecular formula is C23H21F6N3O4. The van der Waals surface area contributed by atoms with Gasteiger partial charge in [0.2, 0.25) is 6.23 Å². The van der Waals surface area contributed by atoms with Crippen molar-refractivity contribution in [2.75, 3.05) is 18.1 Å². The monoisotopic (exact) mass is 517 g/mol. The molecule has 2 atom stereocenters. The summed E-state index contributed by atoms with van der Waals surface area (Å²) in [7, 11) is 0. The van der Waals surface area contributed by atoms with Crippen LogP contribution in [0.3, 0.4) is 0 Å². The van der Waals surface area contributed by atoms with Crippen LogP contribution in [0.2, 0.25) is 0 Å². The molecule has 0 aromatic heterocycles. The van der Waals surface area contributed by atoms with E-state index in [0.717, 1.165) is 12.1 Å². The number of hydrogen-bond donors (Lipinski definition) is 1. The lowest BCUT2D eigenvalue weighted by atomic mass is 10.0. The van der Waals surface area contributed by atoms with E-state index in [1.54, 1.807) is 0 Å². The minimum Gasteiger partial charge on any atom is -0.491 e. The van der Waals surface area contributed by atoms with Crippen LogP contribution in [0.5, 0.6) is 11.5 Å². The number of primary amides is 1. The van der Waals surface area contributed by atoms with E-state index in [-0.39, 0.29) is 24.0 Å². The van der Waals surface area contributed by atoms with Gasteiger partial charge >= 0.3 is 18.4 Å². The predicted octanol–water partition coefficient (Wildman–Crippen LogP) is 5.33. The molecule has 2 aromatic carbocycles. The summed E-state index contributed by atoms with van der Waals surface area (Å²) in [5, 5.41) is 8.94. The maximum atomic E-state index is 13.7. The van der Waals surface area contributed by atoms with Crippen molar-refractivity contribution in [1.29, 1.82) is 5.26 Å². The molecule has 1 heterocycles. The topological polar surface area (TPSA) is 97.8 Å². The number of rotatable bonds is 6. The summed E-state index contributed by atoms with van der Waals surface area (Å²) < 4.78 is 96.6. The first-order valence-corrected chi connectivity index (χ1v) is 10.5. The fraction of sp³-hybridized carbons (Fsp3) is 0.391. The summed E-state index contributed by atoms with van der Waals surface area (Å²) in [5.41, 5.74) is 3.15. The van der Waals surface area contributed by atoms with Crippen molar-refractivity contribution in [2.24, 2.45) is 5.73 Å². The summed E-state index contributed by atoms with van der Waals surface area (Å²) in [4.78, 5) is 11.7. The van der Waals surface area contributed by atoms with Crippen LogP contribution in [-0.2, 0) is 10.9 Å². The first-order chi connectivity index (χ1) is 16.7. The number of amides is 1. The molecule has 7 nitrogen and oxygen atoms in total. The average Bonchev–Trinajstić information content (AvgIpc) is 3.22. The van der Waals surface area contributed by atoms with Gasteiger partial charge in [-0.2, -0.15) is 31.6 Å². The lowest BCUT2D eigenvalue weighted by molar-refractivity contribution is -0.215.